The number of hydrogen-bond donors (Lipinski definition) is 1. The van der Waals surface area contributed by atoms with E-state index in [1.165, 1.54) is 10.8 Å². The van der Waals surface area contributed by atoms with Gasteiger partial charge in [-0.25, -0.2) is 0 Å². The lowest BCUT2D eigenvalue weighted by Gasteiger charge is -2.27. The first-order valence-corrected chi connectivity index (χ1v) is 16.6. The number of anilines is 4. The average molecular weight is 631 g/mol. The van der Waals surface area contributed by atoms with Crippen molar-refractivity contribution in [3.05, 3.63) is 175 Å². The van der Waals surface area contributed by atoms with E-state index >= 15 is 0 Å². The summed E-state index contributed by atoms with van der Waals surface area (Å²) in [7, 11) is 0. The van der Waals surface area contributed by atoms with Crippen molar-refractivity contribution in [2.75, 3.05) is 10.2 Å². The van der Waals surface area contributed by atoms with E-state index in [4.69, 9.17) is 9.15 Å². The van der Waals surface area contributed by atoms with Crippen LogP contribution in [0.4, 0.5) is 22.7 Å². The van der Waals surface area contributed by atoms with Crippen LogP contribution in [0.15, 0.2) is 174 Å². The molecule has 9 aromatic rings. The minimum absolute atomic E-state index is 0.234. The highest BCUT2D eigenvalue weighted by Crippen LogP contribution is 2.48. The van der Waals surface area contributed by atoms with Crippen LogP contribution < -0.4 is 15.0 Å². The zero-order chi connectivity index (χ0) is 32.3. The molecule has 0 spiro atoms. The zero-order valence-electron chi connectivity index (χ0n) is 26.5. The summed E-state index contributed by atoms with van der Waals surface area (Å²) in [5, 5.41) is 10.6. The molecule has 0 aliphatic carbocycles. The average Bonchev–Trinajstić information content (AvgIpc) is 3.77. The van der Waals surface area contributed by atoms with Crippen molar-refractivity contribution in [1.29, 1.82) is 0 Å². The monoisotopic (exact) mass is 630 g/mol. The van der Waals surface area contributed by atoms with Gasteiger partial charge >= 0.3 is 0 Å². The van der Waals surface area contributed by atoms with Crippen LogP contribution in [-0.2, 0) is 0 Å². The maximum atomic E-state index is 6.44. The molecule has 0 saturated heterocycles. The molecule has 2 heterocycles. The molecule has 1 N–H and O–H groups in total. The molecule has 1 aliphatic heterocycles. The van der Waals surface area contributed by atoms with E-state index in [9.17, 15) is 0 Å². The standard InChI is InChI=1S/C45H30N2O2/c1-3-11-30(12-4-1)45-46-44-41(49-45)26-23-29-21-24-35-38(43(29)44)18-10-19-39(35)47(33-14-5-2-6-15-33)34-16-9-13-31(27-34)32-22-25-37-36-17-7-8-20-40(36)48-42(37)28-32/h1-28,45-46H. The molecule has 0 radical (unpaired) electrons. The SMILES string of the molecule is c1ccc(C2Nc3c(ccc4ccc5c(N(c6ccccc6)c6cccc(-c7ccc8c(c7)oc7ccccc78)c6)cccc5c34)O2)cc1. The molecule has 0 fully saturated rings. The normalized spacial score (nSPS) is 13.8. The predicted octanol–water partition coefficient (Wildman–Crippen LogP) is 12.5. The first-order chi connectivity index (χ1) is 24.3. The Hall–Kier alpha value is -6.52. The van der Waals surface area contributed by atoms with Crippen molar-refractivity contribution in [3.63, 3.8) is 0 Å². The van der Waals surface area contributed by atoms with Crippen LogP contribution in [-0.4, -0.2) is 0 Å². The third-order valence-corrected chi connectivity index (χ3v) is 9.68. The Bertz CT molecular complexity index is 2680. The zero-order valence-corrected chi connectivity index (χ0v) is 26.5. The summed E-state index contributed by atoms with van der Waals surface area (Å²) in [6.45, 7) is 0. The number of ether oxygens (including phenoxy) is 1. The Morgan fingerprint density at radius 2 is 1.18 bits per heavy atom. The molecule has 49 heavy (non-hydrogen) atoms. The smallest absolute Gasteiger partial charge is 0.196 e. The van der Waals surface area contributed by atoms with Gasteiger partial charge in [0.1, 0.15) is 16.9 Å². The van der Waals surface area contributed by atoms with Crippen LogP contribution in [0.5, 0.6) is 5.75 Å². The molecule has 0 saturated carbocycles. The fourth-order valence-electron chi connectivity index (χ4n) is 7.39. The van der Waals surface area contributed by atoms with E-state index in [-0.39, 0.29) is 6.23 Å². The van der Waals surface area contributed by atoms with Crippen LogP contribution in [0.1, 0.15) is 11.8 Å². The molecular formula is C45H30N2O2. The number of para-hydroxylation sites is 2. The van der Waals surface area contributed by atoms with Crippen LogP contribution in [0.25, 0.3) is 54.6 Å². The maximum absolute atomic E-state index is 6.44. The molecule has 0 bridgehead atoms. The van der Waals surface area contributed by atoms with Crippen molar-refractivity contribution < 1.29 is 9.15 Å². The molecule has 1 atom stereocenters. The van der Waals surface area contributed by atoms with Gasteiger partial charge < -0.3 is 19.4 Å². The van der Waals surface area contributed by atoms with Crippen molar-refractivity contribution in [1.82, 2.24) is 0 Å². The van der Waals surface area contributed by atoms with Crippen LogP contribution in [0.2, 0.25) is 0 Å². The van der Waals surface area contributed by atoms with Crippen molar-refractivity contribution in [2.45, 2.75) is 6.23 Å². The lowest BCUT2D eigenvalue weighted by atomic mass is 9.97. The van der Waals surface area contributed by atoms with Gasteiger partial charge in [-0.15, -0.1) is 0 Å². The minimum Gasteiger partial charge on any atom is -0.464 e. The molecule has 4 nitrogen and oxygen atoms in total. The minimum atomic E-state index is -0.234. The van der Waals surface area contributed by atoms with Gasteiger partial charge in [0.05, 0.1) is 11.4 Å². The van der Waals surface area contributed by atoms with Crippen LogP contribution in [0, 0.1) is 0 Å². The molecule has 4 heteroatoms. The highest BCUT2D eigenvalue weighted by molar-refractivity contribution is 6.18. The number of nitrogens with one attached hydrogen (secondary N) is 1. The topological polar surface area (TPSA) is 37.6 Å². The molecule has 8 aromatic carbocycles. The number of rotatable bonds is 5. The summed E-state index contributed by atoms with van der Waals surface area (Å²) in [6.07, 6.45) is -0.234. The van der Waals surface area contributed by atoms with Crippen LogP contribution in [0.3, 0.4) is 0 Å². The summed E-state index contributed by atoms with van der Waals surface area (Å²) < 4.78 is 12.7. The van der Waals surface area contributed by atoms with Gasteiger partial charge in [0.15, 0.2) is 6.23 Å². The third kappa shape index (κ3) is 4.53. The van der Waals surface area contributed by atoms with E-state index in [1.54, 1.807) is 0 Å². The second kappa shape index (κ2) is 11.0. The third-order valence-electron chi connectivity index (χ3n) is 9.68. The highest BCUT2D eigenvalue weighted by Gasteiger charge is 2.26. The van der Waals surface area contributed by atoms with Gasteiger partial charge in [-0.1, -0.05) is 115 Å². The van der Waals surface area contributed by atoms with Gasteiger partial charge in [-0.3, -0.25) is 0 Å². The van der Waals surface area contributed by atoms with Gasteiger partial charge in [-0.2, -0.15) is 0 Å². The van der Waals surface area contributed by atoms with E-state index in [0.29, 0.717) is 0 Å². The van der Waals surface area contributed by atoms with Gasteiger partial charge in [-0.05, 0) is 76.5 Å². The second-order valence-corrected chi connectivity index (χ2v) is 12.6. The van der Waals surface area contributed by atoms with Crippen molar-refractivity contribution in [2.24, 2.45) is 0 Å². The quantitative estimate of drug-likeness (QED) is 0.192. The Morgan fingerprint density at radius 1 is 0.490 bits per heavy atom. The van der Waals surface area contributed by atoms with Gasteiger partial charge in [0.2, 0.25) is 0 Å². The maximum Gasteiger partial charge on any atom is 0.196 e. The number of nitrogens with zero attached hydrogens (tertiary/aromatic N) is 1. The van der Waals surface area contributed by atoms with Gasteiger partial charge in [0, 0.05) is 38.5 Å². The lowest BCUT2D eigenvalue weighted by molar-refractivity contribution is 0.260. The Balaban J connectivity index is 1.12. The summed E-state index contributed by atoms with van der Waals surface area (Å²) >= 11 is 0. The molecule has 1 unspecified atom stereocenters. The van der Waals surface area contributed by atoms with Crippen molar-refractivity contribution >= 4 is 66.2 Å². The van der Waals surface area contributed by atoms with E-state index in [0.717, 1.165) is 77.9 Å². The summed E-state index contributed by atoms with van der Waals surface area (Å²) in [6, 6.07) is 59.8. The predicted molar refractivity (Wildman–Crippen MR) is 202 cm³/mol. The number of fused-ring (bicyclic) bond motifs is 8. The number of furan rings is 1. The van der Waals surface area contributed by atoms with E-state index in [2.05, 4.69) is 150 Å². The summed E-state index contributed by atoms with van der Waals surface area (Å²) in [5.41, 5.74) is 9.43. The molecule has 1 aliphatic rings. The first kappa shape index (κ1) is 27.6. The fourth-order valence-corrected chi connectivity index (χ4v) is 7.39. The molecule has 1 aromatic heterocycles. The molecule has 10 rings (SSSR count). The number of benzene rings is 8. The highest BCUT2D eigenvalue weighted by atomic mass is 16.5. The Morgan fingerprint density at radius 3 is 2.08 bits per heavy atom. The van der Waals surface area contributed by atoms with Gasteiger partial charge in [0.25, 0.3) is 0 Å². The van der Waals surface area contributed by atoms with Crippen molar-refractivity contribution in [3.8, 4) is 16.9 Å². The Kier molecular flexibility index (Phi) is 6.21. The van der Waals surface area contributed by atoms with E-state index in [1.807, 2.05) is 30.3 Å². The largest absolute Gasteiger partial charge is 0.464 e. The second-order valence-electron chi connectivity index (χ2n) is 12.6. The first-order valence-electron chi connectivity index (χ1n) is 16.6. The lowest BCUT2D eigenvalue weighted by Crippen LogP contribution is -2.10. The van der Waals surface area contributed by atoms with Crippen LogP contribution >= 0.6 is 0 Å². The van der Waals surface area contributed by atoms with E-state index < -0.39 is 0 Å². The number of hydrogen-bond acceptors (Lipinski definition) is 4. The Labute approximate surface area is 283 Å². The fraction of sp³-hybridized carbons (Fsp3) is 0.0222. The molecule has 0 amide bonds. The molecule has 232 valence electrons. The summed E-state index contributed by atoms with van der Waals surface area (Å²) in [5.74, 6) is 0.869. The molecular weight excluding hydrogens is 601 g/mol. The summed E-state index contributed by atoms with van der Waals surface area (Å²) in [4.78, 5) is 2.36.